The van der Waals surface area contributed by atoms with Crippen molar-refractivity contribution in [1.82, 2.24) is 5.32 Å². The maximum Gasteiger partial charge on any atom is 0.319 e. The SMILES string of the molecule is CC(C)C(NC(=O)Nc1ccccc1)C(=O)Nc1ccc(F)cc1. The summed E-state index contributed by atoms with van der Waals surface area (Å²) in [6.45, 7) is 3.66. The number of halogens is 1. The van der Waals surface area contributed by atoms with Crippen molar-refractivity contribution >= 4 is 23.3 Å². The minimum atomic E-state index is -0.723. The molecule has 0 aromatic heterocycles. The van der Waals surface area contributed by atoms with E-state index in [9.17, 15) is 14.0 Å². The normalized spacial score (nSPS) is 11.7. The Balaban J connectivity index is 1.98. The topological polar surface area (TPSA) is 70.2 Å². The summed E-state index contributed by atoms with van der Waals surface area (Å²) in [5.41, 5.74) is 1.11. The third-order valence-corrected chi connectivity index (χ3v) is 3.38. The van der Waals surface area contributed by atoms with E-state index in [1.807, 2.05) is 19.9 Å². The van der Waals surface area contributed by atoms with Crippen molar-refractivity contribution in [3.8, 4) is 0 Å². The second-order valence-electron chi connectivity index (χ2n) is 5.68. The van der Waals surface area contributed by atoms with Crippen LogP contribution >= 0.6 is 0 Å². The molecule has 5 nitrogen and oxygen atoms in total. The highest BCUT2D eigenvalue weighted by Gasteiger charge is 2.24. The van der Waals surface area contributed by atoms with Gasteiger partial charge < -0.3 is 16.0 Å². The van der Waals surface area contributed by atoms with Crippen molar-refractivity contribution < 1.29 is 14.0 Å². The van der Waals surface area contributed by atoms with Gasteiger partial charge in [-0.25, -0.2) is 9.18 Å². The number of hydrogen-bond donors (Lipinski definition) is 3. The first kappa shape index (κ1) is 17.5. The van der Waals surface area contributed by atoms with Crippen molar-refractivity contribution in [1.29, 1.82) is 0 Å². The Bertz CT molecular complexity index is 687. The second-order valence-corrected chi connectivity index (χ2v) is 5.68. The quantitative estimate of drug-likeness (QED) is 0.784. The monoisotopic (exact) mass is 329 g/mol. The van der Waals surface area contributed by atoms with Gasteiger partial charge in [0.25, 0.3) is 0 Å². The predicted octanol–water partition coefficient (Wildman–Crippen LogP) is 3.61. The Morgan fingerprint density at radius 2 is 1.46 bits per heavy atom. The second kappa shape index (κ2) is 8.10. The average Bonchev–Trinajstić information content (AvgIpc) is 2.55. The lowest BCUT2D eigenvalue weighted by atomic mass is 10.0. The Labute approximate surface area is 140 Å². The van der Waals surface area contributed by atoms with E-state index in [0.29, 0.717) is 11.4 Å². The van der Waals surface area contributed by atoms with E-state index < -0.39 is 12.1 Å². The Morgan fingerprint density at radius 1 is 0.875 bits per heavy atom. The zero-order valence-electron chi connectivity index (χ0n) is 13.5. The zero-order valence-corrected chi connectivity index (χ0v) is 13.5. The molecule has 0 aliphatic carbocycles. The predicted molar refractivity (Wildman–Crippen MR) is 92.3 cm³/mol. The fraction of sp³-hybridized carbons (Fsp3) is 0.222. The number of amides is 3. The summed E-state index contributed by atoms with van der Waals surface area (Å²) >= 11 is 0. The maximum absolute atomic E-state index is 12.9. The van der Waals surface area contributed by atoms with Crippen molar-refractivity contribution in [2.24, 2.45) is 5.92 Å². The molecule has 6 heteroatoms. The van der Waals surface area contributed by atoms with E-state index in [2.05, 4.69) is 16.0 Å². The van der Waals surface area contributed by atoms with Gasteiger partial charge in [0.05, 0.1) is 0 Å². The summed E-state index contributed by atoms with van der Waals surface area (Å²) in [6.07, 6.45) is 0. The van der Waals surface area contributed by atoms with Crippen LogP contribution in [-0.4, -0.2) is 18.0 Å². The number of carbonyl (C=O) groups is 2. The molecular formula is C18H20FN3O2. The van der Waals surface area contributed by atoms with Crippen molar-refractivity contribution in [3.05, 3.63) is 60.4 Å². The molecule has 3 N–H and O–H groups in total. The minimum Gasteiger partial charge on any atom is -0.326 e. The first-order chi connectivity index (χ1) is 11.5. The fourth-order valence-corrected chi connectivity index (χ4v) is 2.12. The summed E-state index contributed by atoms with van der Waals surface area (Å²) in [4.78, 5) is 24.5. The van der Waals surface area contributed by atoms with Gasteiger partial charge in [-0.05, 0) is 42.3 Å². The molecule has 2 aromatic carbocycles. The van der Waals surface area contributed by atoms with E-state index in [4.69, 9.17) is 0 Å². The summed E-state index contributed by atoms with van der Waals surface area (Å²) in [7, 11) is 0. The van der Waals surface area contributed by atoms with Crippen LogP contribution in [0.1, 0.15) is 13.8 Å². The molecule has 0 radical (unpaired) electrons. The van der Waals surface area contributed by atoms with Gasteiger partial charge in [0, 0.05) is 11.4 Å². The van der Waals surface area contributed by atoms with Gasteiger partial charge in [0.15, 0.2) is 0 Å². The van der Waals surface area contributed by atoms with Crippen LogP contribution < -0.4 is 16.0 Å². The molecule has 1 unspecified atom stereocenters. The highest BCUT2D eigenvalue weighted by molar-refractivity contribution is 5.99. The molecule has 1 atom stereocenters. The standard InChI is InChI=1S/C18H20FN3O2/c1-12(2)16(17(23)20-15-10-8-13(19)9-11-15)22-18(24)21-14-6-4-3-5-7-14/h3-12,16H,1-2H3,(H,20,23)(H2,21,22,24). The number of rotatable bonds is 5. The molecule has 2 rings (SSSR count). The lowest BCUT2D eigenvalue weighted by molar-refractivity contribution is -0.118. The molecular weight excluding hydrogens is 309 g/mol. The molecule has 0 saturated carbocycles. The van der Waals surface area contributed by atoms with Gasteiger partial charge in [0.1, 0.15) is 11.9 Å². The number of hydrogen-bond acceptors (Lipinski definition) is 2. The number of nitrogens with one attached hydrogen (secondary N) is 3. The summed E-state index contributed by atoms with van der Waals surface area (Å²) in [5.74, 6) is -0.861. The third-order valence-electron chi connectivity index (χ3n) is 3.38. The molecule has 0 aliphatic heterocycles. The van der Waals surface area contributed by atoms with E-state index in [1.165, 1.54) is 24.3 Å². The number of para-hydroxylation sites is 1. The van der Waals surface area contributed by atoms with Gasteiger partial charge in [-0.1, -0.05) is 32.0 Å². The van der Waals surface area contributed by atoms with Crippen LogP contribution in [0.15, 0.2) is 54.6 Å². The number of anilines is 2. The van der Waals surface area contributed by atoms with E-state index in [-0.39, 0.29) is 17.6 Å². The van der Waals surface area contributed by atoms with Gasteiger partial charge >= 0.3 is 6.03 Å². The van der Waals surface area contributed by atoms with Crippen LogP contribution in [0.3, 0.4) is 0 Å². The molecule has 3 amide bonds. The molecule has 0 saturated heterocycles. The highest BCUT2D eigenvalue weighted by Crippen LogP contribution is 2.11. The molecule has 0 bridgehead atoms. The molecule has 0 spiro atoms. The van der Waals surface area contributed by atoms with Gasteiger partial charge in [0.2, 0.25) is 5.91 Å². The number of benzene rings is 2. The first-order valence-electron chi connectivity index (χ1n) is 7.64. The van der Waals surface area contributed by atoms with Crippen LogP contribution in [0, 0.1) is 11.7 Å². The molecule has 0 fully saturated rings. The Hall–Kier alpha value is -2.89. The minimum absolute atomic E-state index is 0.119. The number of urea groups is 1. The zero-order chi connectivity index (χ0) is 17.5. The van der Waals surface area contributed by atoms with Crippen LogP contribution in [-0.2, 0) is 4.79 Å². The Morgan fingerprint density at radius 3 is 2.04 bits per heavy atom. The van der Waals surface area contributed by atoms with Gasteiger partial charge in [-0.2, -0.15) is 0 Å². The smallest absolute Gasteiger partial charge is 0.319 e. The molecule has 24 heavy (non-hydrogen) atoms. The van der Waals surface area contributed by atoms with Crippen LogP contribution in [0.25, 0.3) is 0 Å². The van der Waals surface area contributed by atoms with Crippen molar-refractivity contribution in [2.75, 3.05) is 10.6 Å². The van der Waals surface area contributed by atoms with Crippen LogP contribution in [0.5, 0.6) is 0 Å². The molecule has 0 aliphatic rings. The Kier molecular flexibility index (Phi) is 5.89. The summed E-state index contributed by atoms with van der Waals surface area (Å²) in [6, 6.07) is 13.2. The van der Waals surface area contributed by atoms with Gasteiger partial charge in [-0.15, -0.1) is 0 Å². The lowest BCUT2D eigenvalue weighted by Crippen LogP contribution is -2.48. The van der Waals surface area contributed by atoms with E-state index in [1.54, 1.807) is 24.3 Å². The molecule has 0 heterocycles. The lowest BCUT2D eigenvalue weighted by Gasteiger charge is -2.22. The molecule has 2 aromatic rings. The first-order valence-corrected chi connectivity index (χ1v) is 7.64. The number of carbonyl (C=O) groups excluding carboxylic acids is 2. The maximum atomic E-state index is 12.9. The third kappa shape index (κ3) is 5.08. The fourth-order valence-electron chi connectivity index (χ4n) is 2.12. The largest absolute Gasteiger partial charge is 0.326 e. The van der Waals surface area contributed by atoms with Crippen LogP contribution in [0.4, 0.5) is 20.6 Å². The van der Waals surface area contributed by atoms with Gasteiger partial charge in [-0.3, -0.25) is 4.79 Å². The van der Waals surface area contributed by atoms with Crippen molar-refractivity contribution in [3.63, 3.8) is 0 Å². The van der Waals surface area contributed by atoms with E-state index in [0.717, 1.165) is 0 Å². The molecule has 126 valence electrons. The van der Waals surface area contributed by atoms with Crippen molar-refractivity contribution in [2.45, 2.75) is 19.9 Å². The average molecular weight is 329 g/mol. The summed E-state index contributed by atoms with van der Waals surface area (Å²) < 4.78 is 12.9. The highest BCUT2D eigenvalue weighted by atomic mass is 19.1. The van der Waals surface area contributed by atoms with Crippen LogP contribution in [0.2, 0.25) is 0 Å². The van der Waals surface area contributed by atoms with E-state index >= 15 is 0 Å². The summed E-state index contributed by atoms with van der Waals surface area (Å²) in [5, 5.41) is 8.01.